The number of nitrogens with zero attached hydrogens (tertiary/aromatic N) is 4. The van der Waals surface area contributed by atoms with E-state index in [-0.39, 0.29) is 41.4 Å². The summed E-state index contributed by atoms with van der Waals surface area (Å²) in [6, 6.07) is 9.76. The van der Waals surface area contributed by atoms with Gasteiger partial charge in [-0.25, -0.2) is 0 Å². The lowest BCUT2D eigenvalue weighted by Crippen LogP contribution is -2.49. The van der Waals surface area contributed by atoms with Crippen molar-refractivity contribution >= 4 is 11.6 Å². The summed E-state index contributed by atoms with van der Waals surface area (Å²) in [4.78, 5) is 15.0. The van der Waals surface area contributed by atoms with Gasteiger partial charge in [0.15, 0.2) is 0 Å². The third kappa shape index (κ3) is 4.73. The van der Waals surface area contributed by atoms with Crippen molar-refractivity contribution in [3.63, 3.8) is 0 Å². The number of hydrogen-bond donors (Lipinski definition) is 2. The molecule has 1 aliphatic heterocycles. The molecule has 6 rings (SSSR count). The summed E-state index contributed by atoms with van der Waals surface area (Å²) < 4.78 is 50.2. The van der Waals surface area contributed by atoms with E-state index < -0.39 is 29.2 Å². The highest BCUT2D eigenvalue weighted by Crippen LogP contribution is 2.50. The highest BCUT2D eigenvalue weighted by Gasteiger charge is 2.50. The first-order valence-electron chi connectivity index (χ1n) is 13.9. The van der Waals surface area contributed by atoms with Gasteiger partial charge in [0.2, 0.25) is 0 Å². The van der Waals surface area contributed by atoms with Crippen LogP contribution in [0.15, 0.2) is 42.7 Å². The van der Waals surface area contributed by atoms with E-state index in [4.69, 9.17) is 4.74 Å². The van der Waals surface area contributed by atoms with E-state index in [9.17, 15) is 23.1 Å². The van der Waals surface area contributed by atoms with Gasteiger partial charge in [0.05, 0.1) is 29.7 Å². The largest absolute Gasteiger partial charge is 0.416 e. The molecule has 41 heavy (non-hydrogen) atoms. The molecular formula is C30H34F3N5O3. The number of carbonyl (C=O) groups excluding carboxylic acids is 1. The summed E-state index contributed by atoms with van der Waals surface area (Å²) in [5.41, 5.74) is -0.120. The van der Waals surface area contributed by atoms with Gasteiger partial charge in [-0.05, 0) is 80.0 Å². The van der Waals surface area contributed by atoms with Gasteiger partial charge in [-0.1, -0.05) is 12.1 Å². The average molecular weight is 570 g/mol. The molecule has 1 atom stereocenters. The summed E-state index contributed by atoms with van der Waals surface area (Å²) in [7, 11) is 3.53. The van der Waals surface area contributed by atoms with Crippen LogP contribution in [-0.4, -0.2) is 51.1 Å². The van der Waals surface area contributed by atoms with Crippen LogP contribution in [0, 0.1) is 0 Å². The van der Waals surface area contributed by atoms with Gasteiger partial charge < -0.3 is 24.6 Å². The minimum atomic E-state index is -4.68. The molecule has 2 heterocycles. The standard InChI is InChI=1S/C30H34F3N5O3/c1-28(8-5-9-28)34-15-25(39)18-10-22-23(24(11-18)30(31,32)33)16-38(26(22)40)20-7-4-6-19(12-20)29(13-21(14-29)41-3)27-36-35-17-37(27)2/h4,6-7,10-12,17,21,25,34,39H,5,8-9,13-16H2,1-3H3. The minimum Gasteiger partial charge on any atom is -0.387 e. The monoisotopic (exact) mass is 569 g/mol. The van der Waals surface area contributed by atoms with Crippen LogP contribution >= 0.6 is 0 Å². The van der Waals surface area contributed by atoms with Crippen molar-refractivity contribution < 1.29 is 27.8 Å². The zero-order valence-corrected chi connectivity index (χ0v) is 23.3. The van der Waals surface area contributed by atoms with Crippen molar-refractivity contribution in [1.82, 2.24) is 20.1 Å². The van der Waals surface area contributed by atoms with Crippen LogP contribution in [0.2, 0.25) is 0 Å². The molecule has 2 aromatic carbocycles. The number of halogens is 3. The smallest absolute Gasteiger partial charge is 0.387 e. The molecule has 2 saturated carbocycles. The van der Waals surface area contributed by atoms with Crippen LogP contribution in [0.3, 0.4) is 0 Å². The SMILES string of the molecule is COC1CC(c2cccc(N3Cc4c(cc(C(O)CNC5(C)CCC5)cc4C(F)(F)F)C3=O)c2)(c2nncn2C)C1. The molecule has 218 valence electrons. The van der Waals surface area contributed by atoms with Crippen molar-refractivity contribution in [3.05, 3.63) is 76.4 Å². The highest BCUT2D eigenvalue weighted by molar-refractivity contribution is 6.10. The average Bonchev–Trinajstić information content (AvgIpc) is 3.48. The number of aryl methyl sites for hydroxylation is 1. The lowest BCUT2D eigenvalue weighted by molar-refractivity contribution is -0.138. The van der Waals surface area contributed by atoms with Crippen LogP contribution < -0.4 is 10.2 Å². The Balaban J connectivity index is 1.33. The Morgan fingerprint density at radius 2 is 1.98 bits per heavy atom. The molecule has 1 aromatic heterocycles. The number of aliphatic hydroxyl groups excluding tert-OH is 1. The maximum Gasteiger partial charge on any atom is 0.416 e. The first kappa shape index (κ1) is 27.9. The van der Waals surface area contributed by atoms with Crippen LogP contribution in [0.4, 0.5) is 18.9 Å². The minimum absolute atomic E-state index is 0.0276. The zero-order valence-electron chi connectivity index (χ0n) is 23.3. The molecule has 11 heteroatoms. The summed E-state index contributed by atoms with van der Waals surface area (Å²) >= 11 is 0. The Hall–Kier alpha value is -3.28. The van der Waals surface area contributed by atoms with Gasteiger partial charge >= 0.3 is 6.18 Å². The first-order chi connectivity index (χ1) is 19.4. The number of alkyl halides is 3. The summed E-state index contributed by atoms with van der Waals surface area (Å²) in [6.07, 6.45) is 0.129. The lowest BCUT2D eigenvalue weighted by atomic mass is 9.62. The predicted octanol–water partition coefficient (Wildman–Crippen LogP) is 4.65. The molecule has 0 bridgehead atoms. The molecule has 1 unspecified atom stereocenters. The fourth-order valence-corrected chi connectivity index (χ4v) is 6.55. The van der Waals surface area contributed by atoms with E-state index in [1.807, 2.05) is 36.7 Å². The zero-order chi connectivity index (χ0) is 29.2. The third-order valence-corrected chi connectivity index (χ3v) is 9.27. The first-order valence-corrected chi connectivity index (χ1v) is 13.9. The molecule has 3 aliphatic rings. The molecule has 0 radical (unpaired) electrons. The van der Waals surface area contributed by atoms with Gasteiger partial charge in [0.1, 0.15) is 12.2 Å². The number of nitrogens with one attached hydrogen (secondary N) is 1. The maximum atomic E-state index is 14.3. The number of benzene rings is 2. The van der Waals surface area contributed by atoms with Gasteiger partial charge in [-0.2, -0.15) is 13.2 Å². The van der Waals surface area contributed by atoms with Crippen LogP contribution in [0.5, 0.6) is 0 Å². The normalized spacial score (nSPS) is 24.1. The molecule has 0 spiro atoms. The van der Waals surface area contributed by atoms with E-state index in [1.54, 1.807) is 19.5 Å². The Bertz CT molecular complexity index is 1480. The highest BCUT2D eigenvalue weighted by atomic mass is 19.4. The molecular weight excluding hydrogens is 535 g/mol. The van der Waals surface area contributed by atoms with Crippen LogP contribution in [0.25, 0.3) is 0 Å². The van der Waals surface area contributed by atoms with Gasteiger partial charge in [0, 0.05) is 37.5 Å². The Kier molecular flexibility index (Phi) is 6.74. The summed E-state index contributed by atoms with van der Waals surface area (Å²) in [5, 5.41) is 22.5. The molecule has 8 nitrogen and oxygen atoms in total. The topological polar surface area (TPSA) is 92.5 Å². The van der Waals surface area contributed by atoms with Gasteiger partial charge in [-0.3, -0.25) is 4.79 Å². The number of carbonyl (C=O) groups is 1. The Morgan fingerprint density at radius 3 is 2.59 bits per heavy atom. The second-order valence-electron chi connectivity index (χ2n) is 12.0. The number of rotatable bonds is 8. The Morgan fingerprint density at radius 1 is 1.22 bits per heavy atom. The maximum absolute atomic E-state index is 14.3. The van der Waals surface area contributed by atoms with Crippen LogP contribution in [-0.2, 0) is 29.9 Å². The number of ether oxygens (including phenoxy) is 1. The number of β-amino-alcohol motifs (C(OH)–C–C–N with tert-alkyl or cyclic N) is 1. The summed E-state index contributed by atoms with van der Waals surface area (Å²) in [6.45, 7) is 1.94. The number of amides is 1. The van der Waals surface area contributed by atoms with E-state index in [0.717, 1.165) is 36.7 Å². The van der Waals surface area contributed by atoms with Crippen LogP contribution in [0.1, 0.15) is 83.6 Å². The van der Waals surface area contributed by atoms with E-state index in [2.05, 4.69) is 15.5 Å². The number of aromatic nitrogens is 3. The third-order valence-electron chi connectivity index (χ3n) is 9.27. The number of methoxy groups -OCH3 is 1. The second-order valence-corrected chi connectivity index (χ2v) is 12.0. The molecule has 2 fully saturated rings. The van der Waals surface area contributed by atoms with E-state index in [1.165, 1.54) is 11.0 Å². The number of anilines is 1. The van der Waals surface area contributed by atoms with Crippen molar-refractivity contribution in [2.45, 2.75) is 74.9 Å². The fourth-order valence-electron chi connectivity index (χ4n) is 6.55. The molecule has 3 aromatic rings. The molecule has 1 amide bonds. The Labute approximate surface area is 236 Å². The van der Waals surface area contributed by atoms with E-state index in [0.29, 0.717) is 18.5 Å². The van der Waals surface area contributed by atoms with Crippen molar-refractivity contribution in [3.8, 4) is 0 Å². The quantitative estimate of drug-likeness (QED) is 0.410. The van der Waals surface area contributed by atoms with Crippen molar-refractivity contribution in [1.29, 1.82) is 0 Å². The summed E-state index contributed by atoms with van der Waals surface area (Å²) in [5.74, 6) is 0.244. The molecule has 2 aliphatic carbocycles. The van der Waals surface area contributed by atoms with Crippen molar-refractivity contribution in [2.75, 3.05) is 18.6 Å². The number of fused-ring (bicyclic) bond motifs is 1. The van der Waals surface area contributed by atoms with Gasteiger partial charge in [0.25, 0.3) is 5.91 Å². The van der Waals surface area contributed by atoms with E-state index >= 15 is 0 Å². The van der Waals surface area contributed by atoms with Crippen molar-refractivity contribution in [2.24, 2.45) is 7.05 Å². The fraction of sp³-hybridized carbons (Fsp3) is 0.500. The number of aliphatic hydroxyl groups is 1. The second kappa shape index (κ2) is 9.92. The van der Waals surface area contributed by atoms with Gasteiger partial charge in [-0.15, -0.1) is 10.2 Å². The lowest BCUT2D eigenvalue weighted by Gasteiger charge is -2.46. The predicted molar refractivity (Wildman–Crippen MR) is 145 cm³/mol. The molecule has 2 N–H and O–H groups in total. The number of hydrogen-bond acceptors (Lipinski definition) is 6. The molecule has 0 saturated heterocycles.